The van der Waals surface area contributed by atoms with Crippen molar-refractivity contribution in [1.82, 2.24) is 15.1 Å². The first-order valence-electron chi connectivity index (χ1n) is 8.94. The van der Waals surface area contributed by atoms with E-state index in [1.165, 1.54) is 38.9 Å². The molecule has 3 unspecified atom stereocenters. The van der Waals surface area contributed by atoms with Crippen molar-refractivity contribution in [3.63, 3.8) is 0 Å². The molecule has 0 radical (unpaired) electrons. The van der Waals surface area contributed by atoms with E-state index in [1.54, 1.807) is 0 Å². The molecule has 0 bridgehead atoms. The van der Waals surface area contributed by atoms with E-state index < -0.39 is 0 Å². The summed E-state index contributed by atoms with van der Waals surface area (Å²) in [5.74, 6) is 0. The zero-order valence-corrected chi connectivity index (χ0v) is 14.3. The van der Waals surface area contributed by atoms with E-state index in [-0.39, 0.29) is 12.1 Å². The molecule has 1 saturated carbocycles. The lowest BCUT2D eigenvalue weighted by Crippen LogP contribution is -2.50. The molecule has 21 heavy (non-hydrogen) atoms. The SMILES string of the molecule is CCCNC1(CO)CCC(N2CCCN(C)CC2CC)C1. The molecule has 0 aromatic carbocycles. The number of nitrogens with zero attached hydrogens (tertiary/aromatic N) is 2. The lowest BCUT2D eigenvalue weighted by Gasteiger charge is -2.37. The molecule has 4 heteroatoms. The van der Waals surface area contributed by atoms with Gasteiger partial charge in [-0.2, -0.15) is 0 Å². The highest BCUT2D eigenvalue weighted by Gasteiger charge is 2.42. The molecule has 124 valence electrons. The van der Waals surface area contributed by atoms with Crippen molar-refractivity contribution in [2.75, 3.05) is 39.8 Å². The Bertz CT molecular complexity index is 312. The molecule has 1 aliphatic carbocycles. The minimum Gasteiger partial charge on any atom is -0.394 e. The first kappa shape index (κ1) is 17.2. The average molecular weight is 297 g/mol. The number of rotatable bonds is 6. The quantitative estimate of drug-likeness (QED) is 0.782. The van der Waals surface area contributed by atoms with Crippen LogP contribution in [0.15, 0.2) is 0 Å². The largest absolute Gasteiger partial charge is 0.394 e. The Hall–Kier alpha value is -0.160. The van der Waals surface area contributed by atoms with Gasteiger partial charge in [-0.1, -0.05) is 13.8 Å². The normalized spacial score (nSPS) is 36.0. The topological polar surface area (TPSA) is 38.7 Å². The van der Waals surface area contributed by atoms with Gasteiger partial charge in [-0.15, -0.1) is 0 Å². The van der Waals surface area contributed by atoms with E-state index in [1.807, 2.05) is 0 Å². The van der Waals surface area contributed by atoms with E-state index in [4.69, 9.17) is 0 Å². The van der Waals surface area contributed by atoms with Crippen molar-refractivity contribution in [2.45, 2.75) is 70.0 Å². The Kier molecular flexibility index (Phi) is 6.48. The van der Waals surface area contributed by atoms with Gasteiger partial charge >= 0.3 is 0 Å². The van der Waals surface area contributed by atoms with E-state index >= 15 is 0 Å². The summed E-state index contributed by atoms with van der Waals surface area (Å²) in [6, 6.07) is 1.33. The number of hydrogen-bond donors (Lipinski definition) is 2. The highest BCUT2D eigenvalue weighted by Crippen LogP contribution is 2.35. The van der Waals surface area contributed by atoms with E-state index in [9.17, 15) is 5.11 Å². The summed E-state index contributed by atoms with van der Waals surface area (Å²) in [6.07, 6.45) is 7.12. The average Bonchev–Trinajstić information content (AvgIpc) is 2.83. The van der Waals surface area contributed by atoms with Gasteiger partial charge in [-0.25, -0.2) is 0 Å². The zero-order valence-electron chi connectivity index (χ0n) is 14.3. The summed E-state index contributed by atoms with van der Waals surface area (Å²) in [5, 5.41) is 13.5. The molecule has 0 aromatic rings. The van der Waals surface area contributed by atoms with Crippen molar-refractivity contribution < 1.29 is 5.11 Å². The molecule has 1 aliphatic heterocycles. The second-order valence-corrected chi connectivity index (χ2v) is 7.18. The van der Waals surface area contributed by atoms with Crippen LogP contribution in [0.4, 0.5) is 0 Å². The van der Waals surface area contributed by atoms with Crippen LogP contribution in [0.3, 0.4) is 0 Å². The number of likely N-dealkylation sites (N-methyl/N-ethyl adjacent to an activating group) is 1. The van der Waals surface area contributed by atoms with Crippen LogP contribution in [0, 0.1) is 0 Å². The lowest BCUT2D eigenvalue weighted by atomic mass is 9.97. The second kappa shape index (κ2) is 7.91. The van der Waals surface area contributed by atoms with Crippen LogP contribution in [0.2, 0.25) is 0 Å². The number of nitrogens with one attached hydrogen (secondary N) is 1. The Balaban J connectivity index is 2.00. The van der Waals surface area contributed by atoms with Crippen molar-refractivity contribution in [3.8, 4) is 0 Å². The smallest absolute Gasteiger partial charge is 0.0613 e. The van der Waals surface area contributed by atoms with Gasteiger partial charge in [0.1, 0.15) is 0 Å². The van der Waals surface area contributed by atoms with Crippen LogP contribution in [0.1, 0.15) is 52.4 Å². The highest BCUT2D eigenvalue weighted by atomic mass is 16.3. The lowest BCUT2D eigenvalue weighted by molar-refractivity contribution is 0.110. The molecule has 2 fully saturated rings. The summed E-state index contributed by atoms with van der Waals surface area (Å²) < 4.78 is 0. The van der Waals surface area contributed by atoms with E-state index in [0.717, 1.165) is 25.8 Å². The minimum atomic E-state index is -0.0167. The first-order valence-corrected chi connectivity index (χ1v) is 8.94. The first-order chi connectivity index (χ1) is 10.1. The Morgan fingerprint density at radius 1 is 1.29 bits per heavy atom. The van der Waals surface area contributed by atoms with Crippen LogP contribution < -0.4 is 5.32 Å². The van der Waals surface area contributed by atoms with Crippen molar-refractivity contribution in [1.29, 1.82) is 0 Å². The molecule has 0 spiro atoms. The van der Waals surface area contributed by atoms with E-state index in [2.05, 4.69) is 36.0 Å². The Labute approximate surface area is 130 Å². The van der Waals surface area contributed by atoms with E-state index in [0.29, 0.717) is 12.1 Å². The maximum atomic E-state index is 9.89. The number of aliphatic hydroxyl groups excluding tert-OH is 1. The third kappa shape index (κ3) is 4.19. The van der Waals surface area contributed by atoms with Gasteiger partial charge in [-0.3, -0.25) is 4.90 Å². The fourth-order valence-corrected chi connectivity index (χ4v) is 4.24. The van der Waals surface area contributed by atoms with Crippen molar-refractivity contribution in [3.05, 3.63) is 0 Å². The van der Waals surface area contributed by atoms with Crippen LogP contribution in [0.5, 0.6) is 0 Å². The highest BCUT2D eigenvalue weighted by molar-refractivity contribution is 5.00. The van der Waals surface area contributed by atoms with Crippen LogP contribution in [-0.4, -0.2) is 72.4 Å². The minimum absolute atomic E-state index is 0.0167. The Morgan fingerprint density at radius 3 is 2.76 bits per heavy atom. The monoisotopic (exact) mass is 297 g/mol. The number of aliphatic hydroxyl groups is 1. The third-order valence-corrected chi connectivity index (χ3v) is 5.52. The molecule has 1 saturated heterocycles. The standard InChI is InChI=1S/C17H35N3O/c1-4-9-18-17(14-21)8-7-16(12-17)20-11-6-10-19(3)13-15(20)5-2/h15-16,18,21H,4-14H2,1-3H3. The third-order valence-electron chi connectivity index (χ3n) is 5.52. The van der Waals surface area contributed by atoms with Gasteiger partial charge in [0.25, 0.3) is 0 Å². The molecule has 2 N–H and O–H groups in total. The molecular weight excluding hydrogens is 262 g/mol. The summed E-state index contributed by atoms with van der Waals surface area (Å²) >= 11 is 0. The van der Waals surface area contributed by atoms with Crippen molar-refractivity contribution in [2.24, 2.45) is 0 Å². The summed E-state index contributed by atoms with van der Waals surface area (Å²) in [5.41, 5.74) is -0.0167. The summed E-state index contributed by atoms with van der Waals surface area (Å²) in [6.45, 7) is 9.47. The molecule has 0 amide bonds. The van der Waals surface area contributed by atoms with Crippen LogP contribution in [-0.2, 0) is 0 Å². The van der Waals surface area contributed by atoms with Gasteiger partial charge in [0.2, 0.25) is 0 Å². The van der Waals surface area contributed by atoms with Gasteiger partial charge in [0.15, 0.2) is 0 Å². The molecule has 2 aliphatic rings. The van der Waals surface area contributed by atoms with Crippen molar-refractivity contribution >= 4 is 0 Å². The second-order valence-electron chi connectivity index (χ2n) is 7.18. The Morgan fingerprint density at radius 2 is 2.10 bits per heavy atom. The molecule has 2 rings (SSSR count). The number of hydrogen-bond acceptors (Lipinski definition) is 4. The summed E-state index contributed by atoms with van der Waals surface area (Å²) in [7, 11) is 2.25. The van der Waals surface area contributed by atoms with Crippen LogP contribution >= 0.6 is 0 Å². The maximum absolute atomic E-state index is 9.89. The summed E-state index contributed by atoms with van der Waals surface area (Å²) in [4.78, 5) is 5.24. The van der Waals surface area contributed by atoms with Gasteiger partial charge in [0, 0.05) is 24.2 Å². The van der Waals surface area contributed by atoms with Gasteiger partial charge in [-0.05, 0) is 65.2 Å². The predicted octanol–water partition coefficient (Wildman–Crippen LogP) is 1.69. The van der Waals surface area contributed by atoms with Crippen LogP contribution in [0.25, 0.3) is 0 Å². The zero-order chi connectivity index (χ0) is 15.3. The maximum Gasteiger partial charge on any atom is 0.0613 e. The molecular formula is C17H35N3O. The molecule has 0 aromatic heterocycles. The fourth-order valence-electron chi connectivity index (χ4n) is 4.24. The molecule has 4 nitrogen and oxygen atoms in total. The predicted molar refractivity (Wildman–Crippen MR) is 88.6 cm³/mol. The van der Waals surface area contributed by atoms with Gasteiger partial charge in [0.05, 0.1) is 6.61 Å². The fraction of sp³-hybridized carbons (Fsp3) is 1.00. The molecule has 3 atom stereocenters. The molecule has 1 heterocycles. The van der Waals surface area contributed by atoms with Gasteiger partial charge < -0.3 is 15.3 Å².